The molecule has 0 aliphatic rings. The van der Waals surface area contributed by atoms with E-state index in [2.05, 4.69) is 21.3 Å². The molecule has 0 saturated carbocycles. The molecule has 0 unspecified atom stereocenters. The van der Waals surface area contributed by atoms with E-state index < -0.39 is 5.54 Å². The number of ether oxygens (including phenoxy) is 10. The fraction of sp³-hybridized carbons (Fsp3) is 0.889. The third-order valence-corrected chi connectivity index (χ3v) is 7.30. The fourth-order valence-corrected chi connectivity index (χ4v) is 4.51. The number of rotatable bonds is 45. The predicted octanol–water partition coefficient (Wildman–Crippen LogP) is -4.25. The van der Waals surface area contributed by atoms with Crippen LogP contribution < -0.4 is 44.2 Å². The highest BCUT2D eigenvalue weighted by molar-refractivity contribution is 5.77. The molecule has 342 valence electrons. The van der Waals surface area contributed by atoms with E-state index in [1.165, 1.54) is 0 Å². The van der Waals surface area contributed by atoms with Gasteiger partial charge in [0.25, 0.3) is 0 Å². The van der Waals surface area contributed by atoms with Crippen LogP contribution in [0.2, 0.25) is 0 Å². The van der Waals surface area contributed by atoms with Gasteiger partial charge >= 0.3 is 0 Å². The Bertz CT molecular complexity index is 909. The standard InChI is InChI=1S/C36H74N8O14/c37-5-16-50-20-9-41-32(45)1-13-56-29-36(30-57-14-2-33(46)42-10-21-51-17-6-38,31-58-15-3-34(47)43-11-22-52-18-7-39)44-35(48)4-12-49-23-25-54-27-28-55-26-24-53-19-8-40/h1-31,37-40H2,(H,41,45)(H,42,46)(H,43,47)(H,44,48). The minimum atomic E-state index is -1.26. The van der Waals surface area contributed by atoms with Crippen LogP contribution in [0.5, 0.6) is 0 Å². The van der Waals surface area contributed by atoms with Gasteiger partial charge < -0.3 is 91.6 Å². The van der Waals surface area contributed by atoms with Crippen LogP contribution in [0.4, 0.5) is 0 Å². The van der Waals surface area contributed by atoms with Crippen molar-refractivity contribution >= 4 is 23.6 Å². The highest BCUT2D eigenvalue weighted by atomic mass is 16.6. The van der Waals surface area contributed by atoms with E-state index in [0.717, 1.165) is 0 Å². The summed E-state index contributed by atoms with van der Waals surface area (Å²) in [6.45, 7) is 7.29. The molecule has 58 heavy (non-hydrogen) atoms. The van der Waals surface area contributed by atoms with Gasteiger partial charge in [-0.15, -0.1) is 0 Å². The summed E-state index contributed by atoms with van der Waals surface area (Å²) >= 11 is 0. The summed E-state index contributed by atoms with van der Waals surface area (Å²) in [5, 5.41) is 11.2. The van der Waals surface area contributed by atoms with Gasteiger partial charge in [0.15, 0.2) is 0 Å². The number of amides is 4. The van der Waals surface area contributed by atoms with Gasteiger partial charge in [-0.2, -0.15) is 0 Å². The molecule has 0 atom stereocenters. The second-order valence-corrected chi connectivity index (χ2v) is 12.5. The zero-order valence-electron chi connectivity index (χ0n) is 34.4. The van der Waals surface area contributed by atoms with Crippen molar-refractivity contribution in [1.29, 1.82) is 0 Å². The van der Waals surface area contributed by atoms with Crippen LogP contribution in [0, 0.1) is 0 Å². The van der Waals surface area contributed by atoms with Crippen molar-refractivity contribution in [3.8, 4) is 0 Å². The van der Waals surface area contributed by atoms with Gasteiger partial charge in [-0.3, -0.25) is 19.2 Å². The topological polar surface area (TPSA) is 313 Å². The smallest absolute Gasteiger partial charge is 0.222 e. The molecule has 0 aliphatic heterocycles. The first-order valence-electron chi connectivity index (χ1n) is 20.0. The van der Waals surface area contributed by atoms with Crippen molar-refractivity contribution < 1.29 is 66.5 Å². The van der Waals surface area contributed by atoms with Crippen molar-refractivity contribution in [2.75, 3.05) is 178 Å². The van der Waals surface area contributed by atoms with E-state index >= 15 is 0 Å². The van der Waals surface area contributed by atoms with E-state index in [1.54, 1.807) is 0 Å². The second-order valence-electron chi connectivity index (χ2n) is 12.5. The van der Waals surface area contributed by atoms with E-state index in [4.69, 9.17) is 70.3 Å². The average Bonchev–Trinajstić information content (AvgIpc) is 3.21. The van der Waals surface area contributed by atoms with Crippen LogP contribution in [0.3, 0.4) is 0 Å². The maximum atomic E-state index is 13.3. The lowest BCUT2D eigenvalue weighted by Crippen LogP contribution is -2.59. The molecule has 12 N–H and O–H groups in total. The molecule has 0 radical (unpaired) electrons. The number of nitrogens with two attached hydrogens (primary N) is 4. The second kappa shape index (κ2) is 42.4. The van der Waals surface area contributed by atoms with Crippen molar-refractivity contribution in [2.45, 2.75) is 31.2 Å². The summed E-state index contributed by atoms with van der Waals surface area (Å²) in [5.41, 5.74) is 20.3. The van der Waals surface area contributed by atoms with Crippen LogP contribution in [0.15, 0.2) is 0 Å². The molecule has 4 amide bonds. The largest absolute Gasteiger partial charge is 0.379 e. The normalized spacial score (nSPS) is 11.4. The van der Waals surface area contributed by atoms with Gasteiger partial charge in [0, 0.05) is 71.5 Å². The first-order chi connectivity index (χ1) is 28.3. The lowest BCUT2D eigenvalue weighted by Gasteiger charge is -2.34. The van der Waals surface area contributed by atoms with Gasteiger partial charge in [-0.1, -0.05) is 0 Å². The molecule has 0 aromatic carbocycles. The van der Waals surface area contributed by atoms with Gasteiger partial charge in [-0.25, -0.2) is 0 Å². The molecule has 0 aliphatic carbocycles. The van der Waals surface area contributed by atoms with E-state index in [9.17, 15) is 19.2 Å². The monoisotopic (exact) mass is 843 g/mol. The lowest BCUT2D eigenvalue weighted by molar-refractivity contribution is -0.131. The predicted molar refractivity (Wildman–Crippen MR) is 213 cm³/mol. The summed E-state index contributed by atoms with van der Waals surface area (Å²) < 4.78 is 55.3. The SMILES string of the molecule is NCCOCCNC(=O)CCOCC(COCCC(=O)NCCOCCN)(COCCC(=O)NCCOCCN)NC(=O)CCOCCOCCOCCOCCN. The fourth-order valence-electron chi connectivity index (χ4n) is 4.51. The molecule has 0 heterocycles. The zero-order chi connectivity index (χ0) is 42.6. The molecular formula is C36H74N8O14. The number of carbonyl (C=O) groups excluding carboxylic acids is 4. The Morgan fingerprint density at radius 3 is 0.914 bits per heavy atom. The molecule has 0 aromatic heterocycles. The summed E-state index contributed by atoms with van der Waals surface area (Å²) in [7, 11) is 0. The van der Waals surface area contributed by atoms with Crippen molar-refractivity contribution in [3.63, 3.8) is 0 Å². The number of nitrogens with one attached hydrogen (secondary N) is 4. The first-order valence-corrected chi connectivity index (χ1v) is 20.0. The van der Waals surface area contributed by atoms with E-state index in [-0.39, 0.29) is 102 Å². The maximum Gasteiger partial charge on any atom is 0.222 e. The molecule has 0 spiro atoms. The highest BCUT2D eigenvalue weighted by Crippen LogP contribution is 2.11. The molecule has 0 bridgehead atoms. The average molecular weight is 843 g/mol. The molecule has 0 rings (SSSR count). The zero-order valence-corrected chi connectivity index (χ0v) is 34.4. The summed E-state index contributed by atoms with van der Waals surface area (Å²) in [5.74, 6) is -1.14. The Kier molecular flexibility index (Phi) is 40.5. The van der Waals surface area contributed by atoms with Gasteiger partial charge in [0.1, 0.15) is 5.54 Å². The number of carbonyl (C=O) groups is 4. The van der Waals surface area contributed by atoms with Crippen LogP contribution in [0.1, 0.15) is 25.7 Å². The minimum absolute atomic E-state index is 0.00837. The Hall–Kier alpha value is -2.68. The van der Waals surface area contributed by atoms with E-state index in [0.29, 0.717) is 125 Å². The van der Waals surface area contributed by atoms with Crippen LogP contribution in [0.25, 0.3) is 0 Å². The third kappa shape index (κ3) is 37.6. The molecule has 22 nitrogen and oxygen atoms in total. The van der Waals surface area contributed by atoms with Crippen molar-refractivity contribution in [1.82, 2.24) is 21.3 Å². The minimum Gasteiger partial charge on any atom is -0.379 e. The van der Waals surface area contributed by atoms with Gasteiger partial charge in [0.2, 0.25) is 23.6 Å². The number of hydrogen-bond acceptors (Lipinski definition) is 18. The molecule has 0 aromatic rings. The van der Waals surface area contributed by atoms with Gasteiger partial charge in [0.05, 0.1) is 132 Å². The Labute approximate surface area is 343 Å². The number of hydrogen-bond donors (Lipinski definition) is 8. The van der Waals surface area contributed by atoms with Crippen LogP contribution in [-0.4, -0.2) is 207 Å². The Balaban J connectivity index is 5.30. The first kappa shape index (κ1) is 55.3. The summed E-state index contributed by atoms with van der Waals surface area (Å²) in [6.07, 6.45) is 0.111. The van der Waals surface area contributed by atoms with Crippen molar-refractivity contribution in [3.05, 3.63) is 0 Å². The molecular weight excluding hydrogens is 768 g/mol. The van der Waals surface area contributed by atoms with Crippen LogP contribution >= 0.6 is 0 Å². The lowest BCUT2D eigenvalue weighted by atomic mass is 10.0. The molecule has 22 heteroatoms. The van der Waals surface area contributed by atoms with E-state index in [1.807, 2.05) is 0 Å². The molecule has 0 saturated heterocycles. The summed E-state index contributed by atoms with van der Waals surface area (Å²) in [6, 6.07) is 0. The van der Waals surface area contributed by atoms with Crippen LogP contribution in [-0.2, 0) is 66.5 Å². The maximum absolute atomic E-state index is 13.3. The Morgan fingerprint density at radius 2 is 0.586 bits per heavy atom. The van der Waals surface area contributed by atoms with Gasteiger partial charge in [-0.05, 0) is 0 Å². The Morgan fingerprint density at radius 1 is 0.328 bits per heavy atom. The van der Waals surface area contributed by atoms with Crippen molar-refractivity contribution in [2.24, 2.45) is 22.9 Å². The highest BCUT2D eigenvalue weighted by Gasteiger charge is 2.34. The summed E-state index contributed by atoms with van der Waals surface area (Å²) in [4.78, 5) is 50.4. The molecule has 0 fully saturated rings. The quantitative estimate of drug-likeness (QED) is 0.0269. The third-order valence-electron chi connectivity index (χ3n) is 7.30.